The Labute approximate surface area is 516 Å². The van der Waals surface area contributed by atoms with Crippen LogP contribution in [0.1, 0.15) is 52.1 Å². The molecule has 0 saturated carbocycles. The molecule has 0 fully saturated rings. The smallest absolute Gasteiger partial charge is 0.149 e. The van der Waals surface area contributed by atoms with E-state index in [9.17, 15) is 55.2 Å². The average Bonchev–Trinajstić information content (AvgIpc) is 2.82. The van der Waals surface area contributed by atoms with Crippen LogP contribution in [-0.4, -0.2) is 94.8 Å². The fraction of sp³-hybridized carbons (Fsp3) is 0.136. The van der Waals surface area contributed by atoms with Crippen LogP contribution in [-0.2, 0) is 21.1 Å². The number of benzene rings is 6. The molecule has 12 rings (SSSR count). The normalized spacial score (nSPS) is 12.0. The zero-order valence-electron chi connectivity index (χ0n) is 47.9. The molecule has 6 aromatic carbocycles. The molecule has 0 saturated heterocycles. The third-order valence-corrected chi connectivity index (χ3v) is 14.4. The largest absolute Gasteiger partial charge is 0.457 e. The molecule has 0 bridgehead atoms. The molecular formula is C66H51ClF2N12O9. The summed E-state index contributed by atoms with van der Waals surface area (Å²) >= 11 is 6.26. The Bertz CT molecular complexity index is 4260. The molecule has 12 aromatic rings. The van der Waals surface area contributed by atoms with Gasteiger partial charge in [0.05, 0.1) is 82.2 Å². The molecule has 0 amide bonds. The highest BCUT2D eigenvalue weighted by Crippen LogP contribution is 2.37. The number of fused-ring (bicyclic) bond motifs is 3. The van der Waals surface area contributed by atoms with Gasteiger partial charge in [0.2, 0.25) is 0 Å². The highest BCUT2D eigenvalue weighted by Gasteiger charge is 2.19. The molecule has 0 aliphatic rings. The van der Waals surface area contributed by atoms with Gasteiger partial charge in [0, 0.05) is 37.8 Å². The summed E-state index contributed by atoms with van der Waals surface area (Å²) in [6.45, 7) is -1.35. The zero-order valence-corrected chi connectivity index (χ0v) is 48.6. The second-order valence-corrected chi connectivity index (χ2v) is 20.5. The lowest BCUT2D eigenvalue weighted by Gasteiger charge is -2.11. The Morgan fingerprint density at radius 1 is 0.433 bits per heavy atom. The van der Waals surface area contributed by atoms with Gasteiger partial charge in [-0.15, -0.1) is 0 Å². The Morgan fingerprint density at radius 3 is 1.02 bits per heavy atom. The van der Waals surface area contributed by atoms with Crippen molar-refractivity contribution >= 4 is 44.3 Å². The van der Waals surface area contributed by atoms with Gasteiger partial charge in [-0.2, -0.15) is 31.1 Å². The highest BCUT2D eigenvalue weighted by molar-refractivity contribution is 6.35. The molecule has 3 atom stereocenters. The van der Waals surface area contributed by atoms with E-state index in [1.54, 1.807) is 140 Å². The molecule has 6 aromatic heterocycles. The number of aliphatic hydroxyl groups is 6. The van der Waals surface area contributed by atoms with Crippen molar-refractivity contribution in [2.24, 2.45) is 21.1 Å². The number of halogens is 3. The first kappa shape index (κ1) is 62.0. The third kappa shape index (κ3) is 13.6. The van der Waals surface area contributed by atoms with Crippen molar-refractivity contribution in [1.82, 2.24) is 44.3 Å². The number of nitriles is 3. The van der Waals surface area contributed by atoms with Crippen LogP contribution in [0.15, 0.2) is 164 Å². The summed E-state index contributed by atoms with van der Waals surface area (Å²) in [7, 11) is 5.14. The SMILES string of the molecule is Cn1ncc2c(Oc3ccc(-c4cc([C@@H](O)CO)cc(C#N)n4)cc3)ccc(F)c21.Cn1ncc2c(Oc3ccc(-c4cc([C@H](O)CO)cc(C#N)n4)cc3)ccc(Cl)c21.Cn1ncc2c(Oc3ccc(-c4cc([C@H](O)CO)cc(C#N)n4)cc3)ccc(F)c21. The van der Waals surface area contributed by atoms with Gasteiger partial charge in [-0.3, -0.25) is 14.0 Å². The first-order valence-electron chi connectivity index (χ1n) is 27.3. The minimum Gasteiger partial charge on any atom is -0.457 e. The van der Waals surface area contributed by atoms with E-state index in [0.29, 0.717) is 106 Å². The zero-order chi connectivity index (χ0) is 63.8. The van der Waals surface area contributed by atoms with Gasteiger partial charge < -0.3 is 44.8 Å². The second-order valence-electron chi connectivity index (χ2n) is 20.1. The second kappa shape index (κ2) is 27.3. The van der Waals surface area contributed by atoms with E-state index in [1.807, 2.05) is 37.4 Å². The monoisotopic (exact) mass is 1230 g/mol. The van der Waals surface area contributed by atoms with Crippen LogP contribution in [0.4, 0.5) is 8.78 Å². The minimum absolute atomic E-state index is 0.139. The van der Waals surface area contributed by atoms with Crippen LogP contribution in [0.25, 0.3) is 66.5 Å². The van der Waals surface area contributed by atoms with E-state index in [2.05, 4.69) is 30.2 Å². The Hall–Kier alpha value is -11.0. The maximum atomic E-state index is 14.0. The summed E-state index contributed by atoms with van der Waals surface area (Å²) in [5.41, 5.74) is 6.83. The molecule has 21 nitrogen and oxygen atoms in total. The van der Waals surface area contributed by atoms with E-state index in [1.165, 1.54) is 39.7 Å². The molecule has 450 valence electrons. The van der Waals surface area contributed by atoms with E-state index in [4.69, 9.17) is 25.8 Å². The van der Waals surface area contributed by atoms with E-state index >= 15 is 0 Å². The number of nitrogens with zero attached hydrogens (tertiary/aromatic N) is 12. The summed E-state index contributed by atoms with van der Waals surface area (Å²) in [5.74, 6) is 2.50. The number of aromatic nitrogens is 9. The molecule has 0 aliphatic heterocycles. The van der Waals surface area contributed by atoms with Crippen molar-refractivity contribution in [2.45, 2.75) is 18.3 Å². The van der Waals surface area contributed by atoms with Gasteiger partial charge in [0.25, 0.3) is 0 Å². The first-order valence-corrected chi connectivity index (χ1v) is 27.7. The lowest BCUT2D eigenvalue weighted by Crippen LogP contribution is -2.04. The van der Waals surface area contributed by atoms with Crippen molar-refractivity contribution in [3.8, 4) is 86.5 Å². The van der Waals surface area contributed by atoms with Crippen molar-refractivity contribution in [1.29, 1.82) is 15.8 Å². The highest BCUT2D eigenvalue weighted by atomic mass is 35.5. The summed E-state index contributed by atoms with van der Waals surface area (Å²) in [5, 5.41) is 99.8. The lowest BCUT2D eigenvalue weighted by molar-refractivity contribution is 0.0955. The fourth-order valence-electron chi connectivity index (χ4n) is 9.55. The maximum Gasteiger partial charge on any atom is 0.149 e. The van der Waals surface area contributed by atoms with Crippen LogP contribution in [0.5, 0.6) is 34.5 Å². The van der Waals surface area contributed by atoms with E-state index in [0.717, 1.165) is 16.5 Å². The quantitative estimate of drug-likeness (QED) is 0.0555. The predicted octanol–water partition coefficient (Wildman–Crippen LogP) is 10.9. The van der Waals surface area contributed by atoms with Crippen LogP contribution in [0, 0.1) is 45.6 Å². The molecule has 0 radical (unpaired) electrons. The Balaban J connectivity index is 0.000000148. The van der Waals surface area contributed by atoms with Crippen LogP contribution < -0.4 is 14.2 Å². The summed E-state index contributed by atoms with van der Waals surface area (Å²) < 4.78 is 50.5. The van der Waals surface area contributed by atoms with E-state index in [-0.39, 0.29) is 28.7 Å². The number of aliphatic hydroxyl groups excluding tert-OH is 6. The van der Waals surface area contributed by atoms with Gasteiger partial charge in [0.15, 0.2) is 0 Å². The molecule has 0 unspecified atom stereocenters. The number of hydrogen-bond acceptors (Lipinski definition) is 18. The molecule has 90 heavy (non-hydrogen) atoms. The van der Waals surface area contributed by atoms with Gasteiger partial charge in [-0.05, 0) is 162 Å². The molecule has 6 heterocycles. The minimum atomic E-state index is -1.10. The van der Waals surface area contributed by atoms with Crippen molar-refractivity contribution in [2.75, 3.05) is 19.8 Å². The summed E-state index contributed by atoms with van der Waals surface area (Å²) in [6.07, 6.45) is 1.54. The standard InChI is InChI=1S/C22H17ClN4O3.2C22H17FN4O3/c3*1-27-22-17(11-25-27)21(7-6-18(22)23)30-16-4-2-13(3-5-16)19-9-14(20(29)12-28)8-15(10-24)26-19/h3*2-9,11,20,28-29H,12H2,1H3/t3*20-/m110/s1. The number of aryl methyl sites for hydroxylation is 3. The number of pyridine rings is 3. The van der Waals surface area contributed by atoms with Crippen LogP contribution >= 0.6 is 11.6 Å². The van der Waals surface area contributed by atoms with Gasteiger partial charge in [-0.1, -0.05) is 11.6 Å². The fourth-order valence-corrected chi connectivity index (χ4v) is 9.84. The summed E-state index contributed by atoms with van der Waals surface area (Å²) in [6, 6.07) is 45.6. The Kier molecular flexibility index (Phi) is 18.8. The van der Waals surface area contributed by atoms with E-state index < -0.39 is 38.1 Å². The summed E-state index contributed by atoms with van der Waals surface area (Å²) in [4.78, 5) is 12.8. The predicted molar refractivity (Wildman–Crippen MR) is 327 cm³/mol. The van der Waals surface area contributed by atoms with Gasteiger partial charge in [0.1, 0.15) is 111 Å². The van der Waals surface area contributed by atoms with Gasteiger partial charge in [-0.25, -0.2) is 23.7 Å². The third-order valence-electron chi connectivity index (χ3n) is 14.1. The van der Waals surface area contributed by atoms with Crippen molar-refractivity contribution < 1.29 is 53.6 Å². The first-order chi connectivity index (χ1) is 43.5. The van der Waals surface area contributed by atoms with Crippen molar-refractivity contribution in [3.63, 3.8) is 0 Å². The molecule has 24 heteroatoms. The van der Waals surface area contributed by atoms with Crippen LogP contribution in [0.3, 0.4) is 0 Å². The molecule has 0 spiro atoms. The number of hydrogen-bond donors (Lipinski definition) is 6. The maximum absolute atomic E-state index is 14.0. The van der Waals surface area contributed by atoms with Crippen molar-refractivity contribution in [3.05, 3.63) is 215 Å². The number of ether oxygens (including phenoxy) is 3. The average molecular weight is 1230 g/mol. The lowest BCUT2D eigenvalue weighted by atomic mass is 10.0. The van der Waals surface area contributed by atoms with Crippen LogP contribution in [0.2, 0.25) is 5.02 Å². The molecule has 6 N–H and O–H groups in total. The molecule has 0 aliphatic carbocycles. The molecular weight excluding hydrogens is 1180 g/mol. The number of rotatable bonds is 15. The van der Waals surface area contributed by atoms with Gasteiger partial charge >= 0.3 is 0 Å². The Morgan fingerprint density at radius 2 is 0.722 bits per heavy atom. The topological polar surface area (TPSA) is 313 Å².